The summed E-state index contributed by atoms with van der Waals surface area (Å²) in [5, 5.41) is 9.64. The third-order valence-corrected chi connectivity index (χ3v) is 3.32. The second-order valence-electron chi connectivity index (χ2n) is 4.48. The van der Waals surface area contributed by atoms with Gasteiger partial charge in [-0.1, -0.05) is 0 Å². The van der Waals surface area contributed by atoms with Gasteiger partial charge in [0.05, 0.1) is 5.66 Å². The average Bonchev–Trinajstić information content (AvgIpc) is 2.65. The smallest absolute Gasteiger partial charge is 0.129 e. The molecule has 0 aliphatic carbocycles. The molecule has 0 saturated carbocycles. The zero-order valence-electron chi connectivity index (χ0n) is 9.66. The fraction of sp³-hybridized carbons (Fsp3) is 0.500. The summed E-state index contributed by atoms with van der Waals surface area (Å²) >= 11 is 0. The highest BCUT2D eigenvalue weighted by atomic mass is 19.1. The van der Waals surface area contributed by atoms with Crippen LogP contribution in [0.2, 0.25) is 0 Å². The fourth-order valence-corrected chi connectivity index (χ4v) is 2.50. The lowest BCUT2D eigenvalue weighted by Crippen LogP contribution is -2.53. The predicted molar refractivity (Wildman–Crippen MR) is 59.8 cm³/mol. The van der Waals surface area contributed by atoms with E-state index in [9.17, 15) is 13.9 Å². The Balaban J connectivity index is 2.46. The lowest BCUT2D eigenvalue weighted by Gasteiger charge is -2.37. The number of nitrogens with zero attached hydrogens (tertiary/aromatic N) is 1. The first-order valence-corrected chi connectivity index (χ1v) is 5.64. The van der Waals surface area contributed by atoms with E-state index in [1.54, 1.807) is 11.8 Å². The number of hydrogen-bond acceptors (Lipinski definition) is 3. The molecule has 1 aliphatic heterocycles. The average molecular weight is 242 g/mol. The molecule has 0 amide bonds. The maximum atomic E-state index is 13.7. The van der Waals surface area contributed by atoms with Crippen LogP contribution in [0.3, 0.4) is 0 Å². The Hall–Kier alpha value is -1.04. The summed E-state index contributed by atoms with van der Waals surface area (Å²) in [5.41, 5.74) is 5.14. The van der Waals surface area contributed by atoms with Gasteiger partial charge < -0.3 is 10.8 Å². The van der Waals surface area contributed by atoms with Gasteiger partial charge in [0, 0.05) is 12.1 Å². The number of halogens is 2. The molecule has 94 valence electrons. The molecule has 1 fully saturated rings. The van der Waals surface area contributed by atoms with Gasteiger partial charge in [-0.05, 0) is 38.0 Å². The predicted octanol–water partition coefficient (Wildman–Crippen LogP) is 1.51. The molecule has 0 spiro atoms. The zero-order chi connectivity index (χ0) is 12.6. The number of rotatable bonds is 2. The molecule has 3 nitrogen and oxygen atoms in total. The van der Waals surface area contributed by atoms with Crippen molar-refractivity contribution < 1.29 is 13.9 Å². The first kappa shape index (κ1) is 12.4. The van der Waals surface area contributed by atoms with Crippen LogP contribution >= 0.6 is 0 Å². The maximum Gasteiger partial charge on any atom is 0.129 e. The Bertz CT molecular complexity index is 425. The minimum Gasteiger partial charge on any atom is -0.379 e. The first-order chi connectivity index (χ1) is 7.95. The molecule has 1 unspecified atom stereocenters. The third-order valence-electron chi connectivity index (χ3n) is 3.32. The lowest BCUT2D eigenvalue weighted by molar-refractivity contribution is -0.0355. The van der Waals surface area contributed by atoms with Crippen LogP contribution in [0.4, 0.5) is 8.78 Å². The number of aliphatic hydroxyl groups excluding tert-OH is 1. The largest absolute Gasteiger partial charge is 0.379 e. The molecule has 0 aromatic heterocycles. The Morgan fingerprint density at radius 3 is 2.82 bits per heavy atom. The van der Waals surface area contributed by atoms with Gasteiger partial charge in [-0.2, -0.15) is 0 Å². The van der Waals surface area contributed by atoms with Crippen molar-refractivity contribution in [1.82, 2.24) is 4.90 Å². The summed E-state index contributed by atoms with van der Waals surface area (Å²) in [5.74, 6) is -1.06. The molecular formula is C12H16F2N2O. The SMILES string of the molecule is CC(O)N1CCC[C@]1(N)c1cc(F)ccc1F. The molecule has 1 aromatic rings. The van der Waals surface area contributed by atoms with E-state index in [0.29, 0.717) is 13.0 Å². The quantitative estimate of drug-likeness (QED) is 0.826. The number of likely N-dealkylation sites (tertiary alicyclic amines) is 1. The maximum absolute atomic E-state index is 13.7. The van der Waals surface area contributed by atoms with E-state index in [1.807, 2.05) is 0 Å². The third kappa shape index (κ3) is 2.06. The summed E-state index contributed by atoms with van der Waals surface area (Å²) in [4.78, 5) is 1.59. The Morgan fingerprint density at radius 1 is 1.47 bits per heavy atom. The lowest BCUT2D eigenvalue weighted by atomic mass is 9.96. The van der Waals surface area contributed by atoms with Gasteiger partial charge in [0.1, 0.15) is 17.9 Å². The standard InChI is InChI=1S/C12H16F2N2O/c1-8(17)16-6-2-5-12(16,15)10-7-9(13)3-4-11(10)14/h3-4,7-8,17H,2,5-6,15H2,1H3/t8?,12-/m1/s1. The highest BCUT2D eigenvalue weighted by Crippen LogP contribution is 2.36. The van der Waals surface area contributed by atoms with Gasteiger partial charge in [-0.3, -0.25) is 4.90 Å². The molecule has 2 rings (SSSR count). The molecule has 0 bridgehead atoms. The van der Waals surface area contributed by atoms with E-state index in [4.69, 9.17) is 5.73 Å². The molecule has 1 saturated heterocycles. The van der Waals surface area contributed by atoms with E-state index in [-0.39, 0.29) is 5.56 Å². The van der Waals surface area contributed by atoms with E-state index >= 15 is 0 Å². The highest BCUT2D eigenvalue weighted by molar-refractivity contribution is 5.27. The fourth-order valence-electron chi connectivity index (χ4n) is 2.50. The zero-order valence-corrected chi connectivity index (χ0v) is 9.66. The molecule has 1 aliphatic rings. The monoisotopic (exact) mass is 242 g/mol. The second-order valence-corrected chi connectivity index (χ2v) is 4.48. The van der Waals surface area contributed by atoms with Crippen LogP contribution in [0.5, 0.6) is 0 Å². The van der Waals surface area contributed by atoms with Crippen LogP contribution in [0.25, 0.3) is 0 Å². The van der Waals surface area contributed by atoms with Crippen molar-refractivity contribution >= 4 is 0 Å². The van der Waals surface area contributed by atoms with Crippen molar-refractivity contribution in [3.05, 3.63) is 35.4 Å². The normalized spacial score (nSPS) is 27.4. The van der Waals surface area contributed by atoms with Crippen molar-refractivity contribution in [3.63, 3.8) is 0 Å². The molecule has 1 aromatic carbocycles. The summed E-state index contributed by atoms with van der Waals surface area (Å²) in [6.07, 6.45) is 0.459. The van der Waals surface area contributed by atoms with Gasteiger partial charge in [-0.25, -0.2) is 8.78 Å². The van der Waals surface area contributed by atoms with Crippen LogP contribution < -0.4 is 5.73 Å². The minimum atomic E-state index is -1.12. The van der Waals surface area contributed by atoms with Crippen LogP contribution in [0, 0.1) is 11.6 Å². The van der Waals surface area contributed by atoms with Gasteiger partial charge in [0.2, 0.25) is 0 Å². The van der Waals surface area contributed by atoms with Crippen LogP contribution in [0.1, 0.15) is 25.3 Å². The second kappa shape index (κ2) is 4.33. The summed E-state index contributed by atoms with van der Waals surface area (Å²) in [6.45, 7) is 2.15. The van der Waals surface area contributed by atoms with E-state index in [1.165, 1.54) is 0 Å². The Labute approximate surface area is 98.8 Å². The van der Waals surface area contributed by atoms with Gasteiger partial charge in [0.25, 0.3) is 0 Å². The molecule has 5 heteroatoms. The number of nitrogens with two attached hydrogens (primary N) is 1. The van der Waals surface area contributed by atoms with Crippen molar-refractivity contribution in [1.29, 1.82) is 0 Å². The highest BCUT2D eigenvalue weighted by Gasteiger charge is 2.42. The van der Waals surface area contributed by atoms with Crippen molar-refractivity contribution in [2.45, 2.75) is 31.7 Å². The van der Waals surface area contributed by atoms with E-state index in [0.717, 1.165) is 24.6 Å². The van der Waals surface area contributed by atoms with Crippen LogP contribution in [-0.2, 0) is 5.66 Å². The topological polar surface area (TPSA) is 49.5 Å². The first-order valence-electron chi connectivity index (χ1n) is 5.64. The van der Waals surface area contributed by atoms with Crippen LogP contribution in [0.15, 0.2) is 18.2 Å². The molecular weight excluding hydrogens is 226 g/mol. The molecule has 2 atom stereocenters. The number of hydrogen-bond donors (Lipinski definition) is 2. The van der Waals surface area contributed by atoms with Gasteiger partial charge >= 0.3 is 0 Å². The Kier molecular flexibility index (Phi) is 3.16. The van der Waals surface area contributed by atoms with Crippen molar-refractivity contribution in [3.8, 4) is 0 Å². The molecule has 1 heterocycles. The van der Waals surface area contributed by atoms with Crippen LogP contribution in [-0.4, -0.2) is 22.8 Å². The number of benzene rings is 1. The van der Waals surface area contributed by atoms with Crippen molar-refractivity contribution in [2.24, 2.45) is 5.73 Å². The van der Waals surface area contributed by atoms with Crippen molar-refractivity contribution in [2.75, 3.05) is 6.54 Å². The summed E-state index contributed by atoms with van der Waals surface area (Å²) in [6, 6.07) is 3.23. The van der Waals surface area contributed by atoms with Gasteiger partial charge in [0.15, 0.2) is 0 Å². The molecule has 17 heavy (non-hydrogen) atoms. The van der Waals surface area contributed by atoms with E-state index in [2.05, 4.69) is 0 Å². The van der Waals surface area contributed by atoms with Gasteiger partial charge in [-0.15, -0.1) is 0 Å². The molecule has 0 radical (unpaired) electrons. The summed E-state index contributed by atoms with van der Waals surface area (Å²) < 4.78 is 26.9. The number of aliphatic hydroxyl groups is 1. The minimum absolute atomic E-state index is 0.107. The molecule has 3 N–H and O–H groups in total. The van der Waals surface area contributed by atoms with E-state index < -0.39 is 23.5 Å². The Morgan fingerprint density at radius 2 is 2.18 bits per heavy atom. The summed E-state index contributed by atoms with van der Waals surface area (Å²) in [7, 11) is 0.